The van der Waals surface area contributed by atoms with Gasteiger partial charge in [0.1, 0.15) is 0 Å². The highest BCUT2D eigenvalue weighted by molar-refractivity contribution is 6.00. The van der Waals surface area contributed by atoms with Crippen LogP contribution in [-0.2, 0) is 13.0 Å². The molecule has 150 valence electrons. The number of hydrogen-bond donors (Lipinski definition) is 2. The summed E-state index contributed by atoms with van der Waals surface area (Å²) in [7, 11) is 0. The van der Waals surface area contributed by atoms with Crippen LogP contribution in [0.1, 0.15) is 39.6 Å². The maximum Gasteiger partial charge on any atom is 0.254 e. The third kappa shape index (κ3) is 3.47. The number of amides is 1. The average molecular weight is 399 g/mol. The first-order chi connectivity index (χ1) is 14.8. The summed E-state index contributed by atoms with van der Waals surface area (Å²) in [5.41, 5.74) is 4.61. The van der Waals surface area contributed by atoms with Gasteiger partial charge in [-0.3, -0.25) is 4.79 Å². The van der Waals surface area contributed by atoms with Crippen LogP contribution in [0.3, 0.4) is 0 Å². The molecule has 0 radical (unpaired) electrons. The molecular formula is C22H21N7O. The monoisotopic (exact) mass is 399 g/mol. The molecule has 5 rings (SSSR count). The Kier molecular flexibility index (Phi) is 4.80. The molecule has 0 bridgehead atoms. The first-order valence-corrected chi connectivity index (χ1v) is 9.98. The zero-order valence-corrected chi connectivity index (χ0v) is 16.3. The highest BCUT2D eigenvalue weighted by Crippen LogP contribution is 2.31. The molecule has 1 atom stereocenters. The van der Waals surface area contributed by atoms with Crippen LogP contribution < -0.4 is 0 Å². The van der Waals surface area contributed by atoms with Gasteiger partial charge in [0, 0.05) is 18.0 Å². The highest BCUT2D eigenvalue weighted by Gasteiger charge is 2.31. The van der Waals surface area contributed by atoms with Crippen molar-refractivity contribution in [2.75, 3.05) is 6.54 Å². The third-order valence-electron chi connectivity index (χ3n) is 5.58. The number of carbonyl (C=O) groups excluding carboxylic acids is 1. The van der Waals surface area contributed by atoms with E-state index in [0.717, 1.165) is 24.2 Å². The molecule has 3 heterocycles. The van der Waals surface area contributed by atoms with Crippen molar-refractivity contribution < 1.29 is 4.79 Å². The second kappa shape index (κ2) is 7.90. The Hall–Kier alpha value is -3.81. The van der Waals surface area contributed by atoms with Crippen LogP contribution in [-0.4, -0.2) is 47.9 Å². The van der Waals surface area contributed by atoms with Crippen LogP contribution in [0.15, 0.2) is 60.9 Å². The van der Waals surface area contributed by atoms with Gasteiger partial charge in [-0.2, -0.15) is 5.21 Å². The number of carbonyl (C=O) groups is 1. The molecule has 4 aromatic rings. The maximum atomic E-state index is 13.5. The Morgan fingerprint density at radius 2 is 1.93 bits per heavy atom. The first kappa shape index (κ1) is 18.2. The molecule has 1 unspecified atom stereocenters. The number of nitrogens with one attached hydrogen (secondary N) is 2. The SMILES string of the molecule is O=C(c1ccccc1-c1nn[nH]n1)N1Cc2[nH]cnc2C(CCc2ccccc2)C1. The highest BCUT2D eigenvalue weighted by atomic mass is 16.2. The van der Waals surface area contributed by atoms with Crippen LogP contribution in [0.4, 0.5) is 0 Å². The van der Waals surface area contributed by atoms with E-state index in [0.29, 0.717) is 30.0 Å². The minimum Gasteiger partial charge on any atom is -0.347 e. The largest absolute Gasteiger partial charge is 0.347 e. The maximum absolute atomic E-state index is 13.5. The van der Waals surface area contributed by atoms with Gasteiger partial charge in [-0.25, -0.2) is 4.98 Å². The summed E-state index contributed by atoms with van der Waals surface area (Å²) >= 11 is 0. The fourth-order valence-electron chi connectivity index (χ4n) is 4.10. The quantitative estimate of drug-likeness (QED) is 0.537. The second-order valence-corrected chi connectivity index (χ2v) is 7.45. The number of tetrazole rings is 1. The number of fused-ring (bicyclic) bond motifs is 1. The molecule has 2 N–H and O–H groups in total. The number of aromatic amines is 2. The lowest BCUT2D eigenvalue weighted by Gasteiger charge is -2.32. The molecule has 1 aliphatic heterocycles. The smallest absolute Gasteiger partial charge is 0.254 e. The molecule has 1 amide bonds. The molecule has 8 heteroatoms. The van der Waals surface area contributed by atoms with Crippen molar-refractivity contribution in [1.29, 1.82) is 0 Å². The Morgan fingerprint density at radius 1 is 1.10 bits per heavy atom. The number of rotatable bonds is 5. The van der Waals surface area contributed by atoms with Crippen LogP contribution in [0, 0.1) is 0 Å². The summed E-state index contributed by atoms with van der Waals surface area (Å²) in [6.45, 7) is 1.14. The van der Waals surface area contributed by atoms with Crippen molar-refractivity contribution in [3.05, 3.63) is 83.4 Å². The van der Waals surface area contributed by atoms with Crippen molar-refractivity contribution in [3.8, 4) is 11.4 Å². The topological polar surface area (TPSA) is 103 Å². The van der Waals surface area contributed by atoms with E-state index in [2.05, 4.69) is 54.9 Å². The molecule has 0 aliphatic carbocycles. The normalized spacial score (nSPS) is 15.7. The van der Waals surface area contributed by atoms with E-state index in [4.69, 9.17) is 0 Å². The molecular weight excluding hydrogens is 378 g/mol. The predicted molar refractivity (Wildman–Crippen MR) is 110 cm³/mol. The number of H-pyrrole nitrogens is 2. The fraction of sp³-hybridized carbons (Fsp3) is 0.227. The van der Waals surface area contributed by atoms with Gasteiger partial charge in [0.2, 0.25) is 5.82 Å². The van der Waals surface area contributed by atoms with E-state index >= 15 is 0 Å². The zero-order chi connectivity index (χ0) is 20.3. The minimum absolute atomic E-state index is 0.0413. The lowest BCUT2D eigenvalue weighted by atomic mass is 9.91. The van der Waals surface area contributed by atoms with Gasteiger partial charge in [-0.05, 0) is 29.7 Å². The number of aryl methyl sites for hydroxylation is 1. The Morgan fingerprint density at radius 3 is 2.77 bits per heavy atom. The summed E-state index contributed by atoms with van der Waals surface area (Å²) in [4.78, 5) is 23.1. The Balaban J connectivity index is 1.40. The summed E-state index contributed by atoms with van der Waals surface area (Å²) in [6, 6.07) is 17.8. The van der Waals surface area contributed by atoms with Crippen molar-refractivity contribution in [1.82, 2.24) is 35.5 Å². The number of nitrogens with zero attached hydrogens (tertiary/aromatic N) is 5. The van der Waals surface area contributed by atoms with Gasteiger partial charge in [-0.1, -0.05) is 48.5 Å². The average Bonchev–Trinajstić information content (AvgIpc) is 3.50. The molecule has 30 heavy (non-hydrogen) atoms. The van der Waals surface area contributed by atoms with Gasteiger partial charge < -0.3 is 9.88 Å². The number of benzene rings is 2. The third-order valence-corrected chi connectivity index (χ3v) is 5.58. The van der Waals surface area contributed by atoms with E-state index in [9.17, 15) is 4.79 Å². The van der Waals surface area contributed by atoms with Crippen LogP contribution in [0.25, 0.3) is 11.4 Å². The molecule has 0 fully saturated rings. The second-order valence-electron chi connectivity index (χ2n) is 7.45. The summed E-state index contributed by atoms with van der Waals surface area (Å²) in [5, 5.41) is 14.2. The summed E-state index contributed by atoms with van der Waals surface area (Å²) in [6.07, 6.45) is 3.60. The lowest BCUT2D eigenvalue weighted by Crippen LogP contribution is -2.38. The lowest BCUT2D eigenvalue weighted by molar-refractivity contribution is 0.0712. The van der Waals surface area contributed by atoms with Crippen molar-refractivity contribution >= 4 is 5.91 Å². The van der Waals surface area contributed by atoms with E-state index in [1.807, 2.05) is 35.2 Å². The van der Waals surface area contributed by atoms with Crippen LogP contribution in [0.2, 0.25) is 0 Å². The molecule has 0 saturated heterocycles. The number of aromatic nitrogens is 6. The molecule has 2 aromatic carbocycles. The van der Waals surface area contributed by atoms with Gasteiger partial charge in [-0.15, -0.1) is 10.2 Å². The molecule has 1 aliphatic rings. The van der Waals surface area contributed by atoms with Gasteiger partial charge in [0.25, 0.3) is 5.91 Å². The van der Waals surface area contributed by atoms with E-state index in [1.165, 1.54) is 5.56 Å². The van der Waals surface area contributed by atoms with E-state index in [-0.39, 0.29) is 11.8 Å². The van der Waals surface area contributed by atoms with E-state index in [1.54, 1.807) is 6.33 Å². The first-order valence-electron chi connectivity index (χ1n) is 9.98. The Bertz CT molecular complexity index is 1140. The van der Waals surface area contributed by atoms with Gasteiger partial charge in [0.15, 0.2) is 0 Å². The van der Waals surface area contributed by atoms with Gasteiger partial charge in [0.05, 0.1) is 29.8 Å². The molecule has 0 saturated carbocycles. The van der Waals surface area contributed by atoms with Crippen LogP contribution in [0.5, 0.6) is 0 Å². The summed E-state index contributed by atoms with van der Waals surface area (Å²) < 4.78 is 0. The number of imidazole rings is 1. The summed E-state index contributed by atoms with van der Waals surface area (Å²) in [5.74, 6) is 0.556. The minimum atomic E-state index is -0.0413. The molecule has 0 spiro atoms. The standard InChI is InChI=1S/C22H21N7O/c30-22(18-9-5-4-8-17(18)21-25-27-28-26-21)29-12-16(20-19(13-29)23-14-24-20)11-10-15-6-2-1-3-7-15/h1-9,14,16H,10-13H2,(H,23,24)(H,25,26,27,28). The van der Waals surface area contributed by atoms with Crippen molar-refractivity contribution in [2.45, 2.75) is 25.3 Å². The Labute approximate surface area is 173 Å². The molecule has 2 aromatic heterocycles. The van der Waals surface area contributed by atoms with E-state index < -0.39 is 0 Å². The fourth-order valence-corrected chi connectivity index (χ4v) is 4.10. The predicted octanol–water partition coefficient (Wildman–Crippen LogP) is 2.96. The van der Waals surface area contributed by atoms with Crippen molar-refractivity contribution in [3.63, 3.8) is 0 Å². The van der Waals surface area contributed by atoms with Crippen LogP contribution >= 0.6 is 0 Å². The van der Waals surface area contributed by atoms with Gasteiger partial charge >= 0.3 is 0 Å². The molecule has 8 nitrogen and oxygen atoms in total. The number of hydrogen-bond acceptors (Lipinski definition) is 5. The zero-order valence-electron chi connectivity index (χ0n) is 16.3. The van der Waals surface area contributed by atoms with Crippen molar-refractivity contribution in [2.24, 2.45) is 0 Å².